The number of thioether (sulfide) groups is 1. The molecule has 0 unspecified atom stereocenters. The van der Waals surface area contributed by atoms with Crippen molar-refractivity contribution in [2.45, 2.75) is 25.7 Å². The van der Waals surface area contributed by atoms with Crippen LogP contribution in [0.3, 0.4) is 0 Å². The third-order valence-corrected chi connectivity index (χ3v) is 5.23. The molecular weight excluding hydrogens is 368 g/mol. The summed E-state index contributed by atoms with van der Waals surface area (Å²) in [5, 5.41) is 3.35. The van der Waals surface area contributed by atoms with Crippen molar-refractivity contribution in [1.29, 1.82) is 0 Å². The van der Waals surface area contributed by atoms with Crippen LogP contribution >= 0.6 is 35.6 Å². The molecule has 2 rings (SSSR count). The van der Waals surface area contributed by atoms with Gasteiger partial charge in [-0.1, -0.05) is 42.0 Å². The SMILES string of the molecule is COc1ccc(Cl)cc1NC(=O)CCCCCN1C(=O)CSC1=S. The van der Waals surface area contributed by atoms with Crippen molar-refractivity contribution in [3.63, 3.8) is 0 Å². The minimum Gasteiger partial charge on any atom is -0.495 e. The van der Waals surface area contributed by atoms with Gasteiger partial charge in [0.15, 0.2) is 0 Å². The minimum atomic E-state index is -0.0844. The summed E-state index contributed by atoms with van der Waals surface area (Å²) >= 11 is 12.5. The van der Waals surface area contributed by atoms with Crippen molar-refractivity contribution in [3.8, 4) is 5.75 Å². The van der Waals surface area contributed by atoms with Gasteiger partial charge < -0.3 is 10.1 Å². The Balaban J connectivity index is 1.69. The second kappa shape index (κ2) is 9.25. The van der Waals surface area contributed by atoms with E-state index in [1.54, 1.807) is 30.2 Å². The quantitative estimate of drug-likeness (QED) is 0.545. The van der Waals surface area contributed by atoms with Crippen molar-refractivity contribution < 1.29 is 14.3 Å². The van der Waals surface area contributed by atoms with Gasteiger partial charge >= 0.3 is 0 Å². The van der Waals surface area contributed by atoms with E-state index in [1.807, 2.05) is 0 Å². The van der Waals surface area contributed by atoms with Gasteiger partial charge in [-0.3, -0.25) is 14.5 Å². The maximum absolute atomic E-state index is 12.0. The van der Waals surface area contributed by atoms with Gasteiger partial charge in [0.2, 0.25) is 11.8 Å². The molecule has 0 aliphatic carbocycles. The van der Waals surface area contributed by atoms with Crippen LogP contribution in [0.1, 0.15) is 25.7 Å². The molecule has 1 aromatic rings. The minimum absolute atomic E-state index is 0.0794. The second-order valence-corrected chi connectivity index (χ2v) is 7.35. The van der Waals surface area contributed by atoms with Gasteiger partial charge in [-0.15, -0.1) is 0 Å². The van der Waals surface area contributed by atoms with Crippen LogP contribution in [0.15, 0.2) is 18.2 Å². The van der Waals surface area contributed by atoms with E-state index in [1.165, 1.54) is 11.8 Å². The topological polar surface area (TPSA) is 58.6 Å². The molecule has 1 saturated heterocycles. The van der Waals surface area contributed by atoms with Crippen LogP contribution in [0.5, 0.6) is 5.75 Å². The van der Waals surface area contributed by atoms with Gasteiger partial charge in [-0.2, -0.15) is 0 Å². The van der Waals surface area contributed by atoms with Crippen molar-refractivity contribution in [2.75, 3.05) is 24.7 Å². The van der Waals surface area contributed by atoms with Crippen molar-refractivity contribution in [2.24, 2.45) is 0 Å². The van der Waals surface area contributed by atoms with Crippen LogP contribution in [0, 0.1) is 0 Å². The maximum Gasteiger partial charge on any atom is 0.238 e. The fourth-order valence-corrected chi connectivity index (χ4v) is 3.61. The second-order valence-electron chi connectivity index (χ2n) is 5.30. The number of halogens is 1. The smallest absolute Gasteiger partial charge is 0.238 e. The Labute approximate surface area is 156 Å². The molecule has 8 heteroatoms. The number of unbranched alkanes of at least 4 members (excludes halogenated alkanes) is 2. The van der Waals surface area contributed by atoms with E-state index in [9.17, 15) is 9.59 Å². The van der Waals surface area contributed by atoms with Crippen LogP contribution in [0.2, 0.25) is 5.02 Å². The zero-order valence-corrected chi connectivity index (χ0v) is 15.7. The van der Waals surface area contributed by atoms with Gasteiger partial charge in [0.05, 0.1) is 18.6 Å². The zero-order chi connectivity index (χ0) is 17.5. The van der Waals surface area contributed by atoms with Crippen LogP contribution in [0.25, 0.3) is 0 Å². The lowest BCUT2D eigenvalue weighted by Gasteiger charge is -2.14. The van der Waals surface area contributed by atoms with Gasteiger partial charge in [0.1, 0.15) is 10.1 Å². The third-order valence-electron chi connectivity index (χ3n) is 3.56. The molecule has 1 N–H and O–H groups in total. The molecule has 1 fully saturated rings. The Kier molecular flexibility index (Phi) is 7.33. The average Bonchev–Trinajstić information content (AvgIpc) is 2.86. The number of rotatable bonds is 8. The van der Waals surface area contributed by atoms with Crippen molar-refractivity contribution >= 4 is 57.4 Å². The lowest BCUT2D eigenvalue weighted by Crippen LogP contribution is -2.29. The number of carbonyl (C=O) groups is 2. The number of hydrogen-bond donors (Lipinski definition) is 1. The van der Waals surface area contributed by atoms with Crippen molar-refractivity contribution in [3.05, 3.63) is 23.2 Å². The molecule has 2 amide bonds. The maximum atomic E-state index is 12.0. The van der Waals surface area contributed by atoms with Crippen LogP contribution in [0.4, 0.5) is 5.69 Å². The number of anilines is 1. The molecule has 0 aromatic heterocycles. The number of hydrogen-bond acceptors (Lipinski definition) is 5. The summed E-state index contributed by atoms with van der Waals surface area (Å²) in [4.78, 5) is 25.2. The summed E-state index contributed by atoms with van der Waals surface area (Å²) in [6.07, 6.45) is 2.84. The molecule has 1 aliphatic rings. The predicted octanol–water partition coefficient (Wildman–Crippen LogP) is 3.71. The number of amides is 2. The lowest BCUT2D eigenvalue weighted by atomic mass is 10.1. The summed E-state index contributed by atoms with van der Waals surface area (Å²) < 4.78 is 5.85. The molecule has 0 spiro atoms. The highest BCUT2D eigenvalue weighted by atomic mass is 35.5. The molecule has 130 valence electrons. The summed E-state index contributed by atoms with van der Waals surface area (Å²) in [5.41, 5.74) is 0.569. The Morgan fingerprint density at radius 3 is 2.88 bits per heavy atom. The number of benzene rings is 1. The first-order chi connectivity index (χ1) is 11.5. The first-order valence-electron chi connectivity index (χ1n) is 7.62. The van der Waals surface area contributed by atoms with E-state index >= 15 is 0 Å². The van der Waals surface area contributed by atoms with Gasteiger partial charge in [0, 0.05) is 18.0 Å². The summed E-state index contributed by atoms with van der Waals surface area (Å²) in [6, 6.07) is 5.08. The number of thiocarbonyl (C=S) groups is 1. The van der Waals surface area contributed by atoms with Crippen molar-refractivity contribution in [1.82, 2.24) is 4.90 Å². The fourth-order valence-electron chi connectivity index (χ4n) is 2.32. The van der Waals surface area contributed by atoms with Gasteiger partial charge in [-0.05, 0) is 31.0 Å². The number of methoxy groups -OCH3 is 1. The summed E-state index contributed by atoms with van der Waals surface area (Å²) in [7, 11) is 1.54. The lowest BCUT2D eigenvalue weighted by molar-refractivity contribution is -0.124. The summed E-state index contributed by atoms with van der Waals surface area (Å²) in [5.74, 6) is 1.02. The molecule has 0 radical (unpaired) electrons. The zero-order valence-electron chi connectivity index (χ0n) is 13.3. The fraction of sp³-hybridized carbons (Fsp3) is 0.438. The Morgan fingerprint density at radius 1 is 1.42 bits per heavy atom. The van der Waals surface area contributed by atoms with E-state index < -0.39 is 0 Å². The first kappa shape index (κ1) is 19.0. The Bertz CT molecular complexity index is 624. The van der Waals surface area contributed by atoms with E-state index in [2.05, 4.69) is 5.32 Å². The molecule has 0 bridgehead atoms. The summed E-state index contributed by atoms with van der Waals surface area (Å²) in [6.45, 7) is 0.633. The number of carbonyl (C=O) groups excluding carboxylic acids is 2. The van der Waals surface area contributed by atoms with Crippen LogP contribution in [-0.2, 0) is 9.59 Å². The number of nitrogens with one attached hydrogen (secondary N) is 1. The van der Waals surface area contributed by atoms with Crippen LogP contribution < -0.4 is 10.1 Å². The number of ether oxygens (including phenoxy) is 1. The highest BCUT2D eigenvalue weighted by Crippen LogP contribution is 2.27. The largest absolute Gasteiger partial charge is 0.495 e. The van der Waals surface area contributed by atoms with Gasteiger partial charge in [-0.25, -0.2) is 0 Å². The van der Waals surface area contributed by atoms with E-state index in [4.69, 9.17) is 28.6 Å². The molecule has 1 heterocycles. The van der Waals surface area contributed by atoms with Crippen LogP contribution in [-0.4, -0.2) is 40.4 Å². The molecule has 1 aliphatic heterocycles. The highest BCUT2D eigenvalue weighted by Gasteiger charge is 2.25. The predicted molar refractivity (Wildman–Crippen MR) is 102 cm³/mol. The third kappa shape index (κ3) is 5.36. The molecule has 24 heavy (non-hydrogen) atoms. The Morgan fingerprint density at radius 2 is 2.21 bits per heavy atom. The average molecular weight is 387 g/mol. The van der Waals surface area contributed by atoms with E-state index in [0.29, 0.717) is 39.5 Å². The molecule has 0 atom stereocenters. The van der Waals surface area contributed by atoms with Gasteiger partial charge in [0.25, 0.3) is 0 Å². The standard InChI is InChI=1S/C16H19ClN2O3S2/c1-22-13-7-6-11(17)9-12(13)18-14(20)5-3-2-4-8-19-15(21)10-24-16(19)23/h6-7,9H,2-5,8,10H2,1H3,(H,18,20). The molecular formula is C16H19ClN2O3S2. The highest BCUT2D eigenvalue weighted by molar-refractivity contribution is 8.23. The first-order valence-corrected chi connectivity index (χ1v) is 9.39. The number of nitrogens with zero attached hydrogens (tertiary/aromatic N) is 1. The molecule has 0 saturated carbocycles. The molecule has 5 nitrogen and oxygen atoms in total. The Hall–Kier alpha value is -1.31. The molecule has 1 aromatic carbocycles. The monoisotopic (exact) mass is 386 g/mol. The van der Waals surface area contributed by atoms with E-state index in [0.717, 1.165) is 19.3 Å². The normalized spacial score (nSPS) is 14.2. The van der Waals surface area contributed by atoms with E-state index in [-0.39, 0.29) is 11.8 Å².